The van der Waals surface area contributed by atoms with Gasteiger partial charge in [0.05, 0.1) is 0 Å². The summed E-state index contributed by atoms with van der Waals surface area (Å²) < 4.78 is 0. The average molecular weight is 122 g/mol. The van der Waals surface area contributed by atoms with E-state index in [-0.39, 0.29) is 0 Å². The van der Waals surface area contributed by atoms with Gasteiger partial charge >= 0.3 is 6.92 Å². The Bertz CT molecular complexity index is 178. The molecule has 0 aliphatic heterocycles. The smallest absolute Gasteiger partial charge is 0.323 e. The first-order valence-corrected chi connectivity index (χ1v) is 2.73. The Hall–Kier alpha value is -0.895. The monoisotopic (exact) mass is 122 g/mol. The van der Waals surface area contributed by atoms with Crippen molar-refractivity contribution in [3.05, 3.63) is 18.7 Å². The summed E-state index contributed by atoms with van der Waals surface area (Å²) in [5.41, 5.74) is 0.748. The Morgan fingerprint density at radius 1 is 1.44 bits per heavy atom. The van der Waals surface area contributed by atoms with E-state index in [9.17, 15) is 0 Å². The minimum absolute atomic E-state index is 0.466. The molecule has 9 heavy (non-hydrogen) atoms. The number of aromatic nitrogens is 2. The molecule has 1 N–H and O–H groups in total. The van der Waals surface area contributed by atoms with Gasteiger partial charge in [-0.05, 0) is 5.46 Å². The third kappa shape index (κ3) is 1.50. The van der Waals surface area contributed by atoms with Gasteiger partial charge in [0.2, 0.25) is 0 Å². The summed E-state index contributed by atoms with van der Waals surface area (Å²) in [6, 6.07) is 0. The summed E-state index contributed by atoms with van der Waals surface area (Å²) in [5.74, 6) is 0. The Morgan fingerprint density at radius 3 is 2.33 bits per heavy atom. The lowest BCUT2D eigenvalue weighted by Crippen LogP contribution is -2.26. The van der Waals surface area contributed by atoms with Gasteiger partial charge in [0.1, 0.15) is 6.33 Å². The van der Waals surface area contributed by atoms with E-state index in [0.717, 1.165) is 5.46 Å². The first-order valence-electron chi connectivity index (χ1n) is 2.73. The van der Waals surface area contributed by atoms with Gasteiger partial charge < -0.3 is 5.02 Å². The first kappa shape index (κ1) is 6.23. The predicted molar refractivity (Wildman–Crippen MR) is 35.5 cm³/mol. The summed E-state index contributed by atoms with van der Waals surface area (Å²) in [5, 5.41) is 8.94. The van der Waals surface area contributed by atoms with Crippen molar-refractivity contribution in [2.24, 2.45) is 0 Å². The maximum Gasteiger partial charge on any atom is 0.323 e. The quantitative estimate of drug-likeness (QED) is 0.500. The lowest BCUT2D eigenvalue weighted by atomic mass is 9.66. The molecule has 1 aromatic rings. The standard InChI is InChI=1S/C5H7BN2O/c1-6(9)5-2-7-4-8-3-5/h2-4,9H,1H3. The van der Waals surface area contributed by atoms with Gasteiger partial charge in [-0.3, -0.25) is 0 Å². The average Bonchev–Trinajstić information content (AvgIpc) is 1.90. The third-order valence-electron chi connectivity index (χ3n) is 1.06. The maximum absolute atomic E-state index is 8.94. The zero-order chi connectivity index (χ0) is 6.69. The van der Waals surface area contributed by atoms with Gasteiger partial charge in [-0.15, -0.1) is 0 Å². The highest BCUT2D eigenvalue weighted by atomic mass is 16.2. The van der Waals surface area contributed by atoms with E-state index < -0.39 is 6.92 Å². The zero-order valence-corrected chi connectivity index (χ0v) is 5.15. The van der Waals surface area contributed by atoms with Gasteiger partial charge in [-0.2, -0.15) is 0 Å². The summed E-state index contributed by atoms with van der Waals surface area (Å²) in [7, 11) is 0. The summed E-state index contributed by atoms with van der Waals surface area (Å²) in [6.45, 7) is 1.21. The van der Waals surface area contributed by atoms with Crippen LogP contribution in [0, 0.1) is 0 Å². The molecule has 0 radical (unpaired) electrons. The van der Waals surface area contributed by atoms with Crippen molar-refractivity contribution in [1.82, 2.24) is 9.97 Å². The molecule has 4 heteroatoms. The maximum atomic E-state index is 8.94. The van der Waals surface area contributed by atoms with Crippen LogP contribution in [-0.4, -0.2) is 21.9 Å². The zero-order valence-electron chi connectivity index (χ0n) is 5.15. The SMILES string of the molecule is CB(O)c1cncnc1. The highest BCUT2D eigenvalue weighted by Gasteiger charge is 2.04. The second-order valence-electron chi connectivity index (χ2n) is 1.85. The molecular formula is C5H7BN2O. The van der Waals surface area contributed by atoms with Crippen LogP contribution in [-0.2, 0) is 0 Å². The number of rotatable bonds is 1. The molecule has 0 aliphatic carbocycles. The van der Waals surface area contributed by atoms with E-state index in [1.54, 1.807) is 19.2 Å². The van der Waals surface area contributed by atoms with Crippen LogP contribution in [0.25, 0.3) is 0 Å². The molecular weight excluding hydrogens is 115 g/mol. The van der Waals surface area contributed by atoms with Crippen molar-refractivity contribution in [3.8, 4) is 0 Å². The molecule has 0 amide bonds. The fraction of sp³-hybridized carbons (Fsp3) is 0.200. The molecule has 0 aliphatic rings. The van der Waals surface area contributed by atoms with Gasteiger partial charge in [0.25, 0.3) is 0 Å². The van der Waals surface area contributed by atoms with Gasteiger partial charge in [0, 0.05) is 12.4 Å². The molecule has 3 nitrogen and oxygen atoms in total. The van der Waals surface area contributed by atoms with Crippen molar-refractivity contribution in [2.75, 3.05) is 0 Å². The second-order valence-corrected chi connectivity index (χ2v) is 1.85. The Balaban J connectivity index is 2.85. The van der Waals surface area contributed by atoms with E-state index in [0.29, 0.717) is 0 Å². The van der Waals surface area contributed by atoms with E-state index in [2.05, 4.69) is 9.97 Å². The van der Waals surface area contributed by atoms with Crippen molar-refractivity contribution in [1.29, 1.82) is 0 Å². The summed E-state index contributed by atoms with van der Waals surface area (Å²) in [4.78, 5) is 7.47. The van der Waals surface area contributed by atoms with Gasteiger partial charge in [-0.1, -0.05) is 6.82 Å². The minimum Gasteiger partial charge on any atom is -0.446 e. The van der Waals surface area contributed by atoms with Crippen molar-refractivity contribution >= 4 is 12.4 Å². The molecule has 1 rings (SSSR count). The molecule has 0 saturated carbocycles. The molecule has 0 aromatic carbocycles. The van der Waals surface area contributed by atoms with E-state index in [1.165, 1.54) is 6.33 Å². The Kier molecular flexibility index (Phi) is 1.79. The minimum atomic E-state index is -0.466. The lowest BCUT2D eigenvalue weighted by molar-refractivity contribution is 0.593. The largest absolute Gasteiger partial charge is 0.446 e. The third-order valence-corrected chi connectivity index (χ3v) is 1.06. The van der Waals surface area contributed by atoms with Crippen LogP contribution >= 0.6 is 0 Å². The second kappa shape index (κ2) is 2.59. The summed E-state index contributed by atoms with van der Waals surface area (Å²) in [6.07, 6.45) is 4.63. The first-order chi connectivity index (χ1) is 4.30. The molecule has 0 saturated heterocycles. The van der Waals surface area contributed by atoms with Crippen LogP contribution < -0.4 is 5.46 Å². The normalized spacial score (nSPS) is 9.11. The topological polar surface area (TPSA) is 46.0 Å². The van der Waals surface area contributed by atoms with Crippen molar-refractivity contribution < 1.29 is 5.02 Å². The number of hydrogen-bond donors (Lipinski definition) is 1. The van der Waals surface area contributed by atoms with Crippen LogP contribution in [0.5, 0.6) is 0 Å². The Morgan fingerprint density at radius 2 is 2.00 bits per heavy atom. The molecule has 1 aromatic heterocycles. The molecule has 0 fully saturated rings. The van der Waals surface area contributed by atoms with Crippen molar-refractivity contribution in [3.63, 3.8) is 0 Å². The van der Waals surface area contributed by atoms with Crippen LogP contribution in [0.3, 0.4) is 0 Å². The highest BCUT2D eigenvalue weighted by Crippen LogP contribution is 1.75. The summed E-state index contributed by atoms with van der Waals surface area (Å²) >= 11 is 0. The van der Waals surface area contributed by atoms with Crippen LogP contribution in [0.15, 0.2) is 18.7 Å². The molecule has 0 bridgehead atoms. The highest BCUT2D eigenvalue weighted by molar-refractivity contribution is 6.64. The van der Waals surface area contributed by atoms with Crippen LogP contribution in [0.2, 0.25) is 6.82 Å². The van der Waals surface area contributed by atoms with Crippen LogP contribution in [0.4, 0.5) is 0 Å². The predicted octanol–water partition coefficient (Wildman–Crippen LogP) is -0.703. The molecule has 46 valence electrons. The molecule has 1 heterocycles. The van der Waals surface area contributed by atoms with E-state index in [4.69, 9.17) is 5.02 Å². The molecule has 0 atom stereocenters. The van der Waals surface area contributed by atoms with Crippen LogP contribution in [0.1, 0.15) is 0 Å². The lowest BCUT2D eigenvalue weighted by Gasteiger charge is -1.94. The molecule has 0 spiro atoms. The van der Waals surface area contributed by atoms with Gasteiger partial charge in [0.15, 0.2) is 0 Å². The fourth-order valence-electron chi connectivity index (χ4n) is 0.526. The molecule has 0 unspecified atom stereocenters. The number of hydrogen-bond acceptors (Lipinski definition) is 3. The fourth-order valence-corrected chi connectivity index (χ4v) is 0.526. The van der Waals surface area contributed by atoms with E-state index >= 15 is 0 Å². The Labute approximate surface area is 53.9 Å². The van der Waals surface area contributed by atoms with E-state index in [1.807, 2.05) is 0 Å². The van der Waals surface area contributed by atoms with Gasteiger partial charge in [-0.25, -0.2) is 9.97 Å². The number of nitrogens with zero attached hydrogens (tertiary/aromatic N) is 2. The van der Waals surface area contributed by atoms with Crippen molar-refractivity contribution in [2.45, 2.75) is 6.82 Å².